The van der Waals surface area contributed by atoms with E-state index >= 15 is 0 Å². The Balaban J connectivity index is 2.00. The number of rotatable bonds is 5. The first-order valence-corrected chi connectivity index (χ1v) is 7.73. The highest BCUT2D eigenvalue weighted by Crippen LogP contribution is 2.23. The van der Waals surface area contributed by atoms with Crippen molar-refractivity contribution in [3.8, 4) is 11.3 Å². The molecule has 0 bridgehead atoms. The maximum absolute atomic E-state index is 11.5. The second-order valence-corrected chi connectivity index (χ2v) is 5.36. The number of imidazole rings is 1. The number of pyridine rings is 1. The van der Waals surface area contributed by atoms with Crippen molar-refractivity contribution in [3.63, 3.8) is 0 Å². The third kappa shape index (κ3) is 3.01. The van der Waals surface area contributed by atoms with Crippen molar-refractivity contribution < 1.29 is 9.20 Å². The van der Waals surface area contributed by atoms with Crippen molar-refractivity contribution in [1.29, 1.82) is 0 Å². The highest BCUT2D eigenvalue weighted by Gasteiger charge is 2.17. The molecule has 0 radical (unpaired) electrons. The maximum atomic E-state index is 11.5. The van der Waals surface area contributed by atoms with Gasteiger partial charge in [-0.3, -0.25) is 4.79 Å². The summed E-state index contributed by atoms with van der Waals surface area (Å²) in [6.07, 6.45) is 6.52. The number of nitrogens with zero attached hydrogens (tertiary/aromatic N) is 2. The Morgan fingerprint density at radius 2 is 2.04 bits per heavy atom. The van der Waals surface area contributed by atoms with Crippen molar-refractivity contribution >= 4 is 17.2 Å². The van der Waals surface area contributed by atoms with Crippen molar-refractivity contribution in [3.05, 3.63) is 67.5 Å². The third-order valence-electron chi connectivity index (χ3n) is 3.79. The van der Waals surface area contributed by atoms with Gasteiger partial charge in [-0.25, -0.2) is 8.97 Å². The zero-order valence-electron chi connectivity index (χ0n) is 13.2. The summed E-state index contributed by atoms with van der Waals surface area (Å²) in [6, 6.07) is 14.1. The molecule has 1 aromatic carbocycles. The highest BCUT2D eigenvalue weighted by molar-refractivity contribution is 5.90. The van der Waals surface area contributed by atoms with Crippen LogP contribution in [-0.2, 0) is 11.3 Å². The van der Waals surface area contributed by atoms with E-state index in [0.717, 1.165) is 29.1 Å². The summed E-state index contributed by atoms with van der Waals surface area (Å²) in [5.74, 6) is 0.0223. The van der Waals surface area contributed by atoms with E-state index in [4.69, 9.17) is 0 Å². The van der Waals surface area contributed by atoms with Gasteiger partial charge in [0.15, 0.2) is 5.69 Å². The monoisotopic (exact) mass is 306 g/mol. The van der Waals surface area contributed by atoms with Gasteiger partial charge in [0.2, 0.25) is 5.91 Å². The van der Waals surface area contributed by atoms with E-state index < -0.39 is 0 Å². The van der Waals surface area contributed by atoms with E-state index in [2.05, 4.69) is 33.1 Å². The largest absolute Gasteiger partial charge is 0.326 e. The van der Waals surface area contributed by atoms with E-state index in [1.807, 2.05) is 55.6 Å². The van der Waals surface area contributed by atoms with E-state index in [9.17, 15) is 4.79 Å². The van der Waals surface area contributed by atoms with Gasteiger partial charge in [-0.05, 0) is 30.3 Å². The number of fused-ring (bicyclic) bond motifs is 1. The summed E-state index contributed by atoms with van der Waals surface area (Å²) < 4.78 is 4.32. The molecule has 2 heterocycles. The zero-order chi connectivity index (χ0) is 16.2. The molecule has 3 aromatic rings. The van der Waals surface area contributed by atoms with Gasteiger partial charge in [-0.1, -0.05) is 25.6 Å². The summed E-state index contributed by atoms with van der Waals surface area (Å²) in [5, 5.41) is 2.87. The quantitative estimate of drug-likeness (QED) is 0.569. The molecule has 0 aliphatic carbocycles. The number of aromatic nitrogens is 2. The normalized spacial score (nSPS) is 10.7. The first-order chi connectivity index (χ1) is 11.2. The van der Waals surface area contributed by atoms with Gasteiger partial charge < -0.3 is 5.32 Å². The molecule has 0 spiro atoms. The van der Waals surface area contributed by atoms with Gasteiger partial charge in [0, 0.05) is 23.7 Å². The van der Waals surface area contributed by atoms with Crippen LogP contribution < -0.4 is 9.72 Å². The fourth-order valence-corrected chi connectivity index (χ4v) is 2.63. The summed E-state index contributed by atoms with van der Waals surface area (Å²) in [4.78, 5) is 11.5. The maximum Gasteiger partial charge on any atom is 0.286 e. The standard InChI is InChI=1S/C19H19N3O/c1-3-12-22-17(14-21-13-6-5-7-19(21)22)15-8-10-16(11-9-15)20-18(23)4-2/h3,5-11,13-14H,1,4,12H2,2H3/p+1. The number of nitrogens with one attached hydrogen (secondary N) is 1. The number of benzene rings is 1. The number of amides is 1. The van der Waals surface area contributed by atoms with Gasteiger partial charge in [0.1, 0.15) is 12.7 Å². The summed E-state index contributed by atoms with van der Waals surface area (Å²) in [7, 11) is 0. The highest BCUT2D eigenvalue weighted by atomic mass is 16.1. The lowest BCUT2D eigenvalue weighted by molar-refractivity contribution is -0.510. The molecule has 4 heteroatoms. The topological polar surface area (TPSA) is 38.1 Å². The van der Waals surface area contributed by atoms with Crippen LogP contribution in [-0.4, -0.2) is 10.5 Å². The van der Waals surface area contributed by atoms with Crippen LogP contribution in [0, 0.1) is 0 Å². The Morgan fingerprint density at radius 3 is 2.74 bits per heavy atom. The second kappa shape index (κ2) is 6.48. The Morgan fingerprint density at radius 1 is 1.26 bits per heavy atom. The van der Waals surface area contributed by atoms with Crippen molar-refractivity contribution in [2.45, 2.75) is 19.9 Å². The Hall–Kier alpha value is -2.88. The number of hydrogen-bond donors (Lipinski definition) is 1. The molecule has 3 rings (SSSR count). The van der Waals surface area contributed by atoms with Crippen LogP contribution in [0.15, 0.2) is 67.5 Å². The summed E-state index contributed by atoms with van der Waals surface area (Å²) >= 11 is 0. The number of allylic oxidation sites excluding steroid dienone is 1. The molecule has 0 aliphatic rings. The number of hydrogen-bond acceptors (Lipinski definition) is 1. The molecule has 0 saturated carbocycles. The Bertz CT molecular complexity index is 847. The minimum atomic E-state index is 0.0223. The van der Waals surface area contributed by atoms with Crippen LogP contribution in [0.5, 0.6) is 0 Å². The molecule has 1 amide bonds. The van der Waals surface area contributed by atoms with Crippen LogP contribution in [0.3, 0.4) is 0 Å². The lowest BCUT2D eigenvalue weighted by Crippen LogP contribution is -2.17. The summed E-state index contributed by atoms with van der Waals surface area (Å²) in [6.45, 7) is 6.44. The molecule has 0 fully saturated rings. The first kappa shape index (κ1) is 15.0. The van der Waals surface area contributed by atoms with E-state index in [1.165, 1.54) is 0 Å². The van der Waals surface area contributed by atoms with E-state index in [1.54, 1.807) is 0 Å². The minimum absolute atomic E-state index is 0.0223. The second-order valence-electron chi connectivity index (χ2n) is 5.36. The lowest BCUT2D eigenvalue weighted by Gasteiger charge is -2.05. The minimum Gasteiger partial charge on any atom is -0.326 e. The van der Waals surface area contributed by atoms with Crippen LogP contribution in [0.1, 0.15) is 13.3 Å². The van der Waals surface area contributed by atoms with Crippen molar-refractivity contribution in [2.24, 2.45) is 0 Å². The smallest absolute Gasteiger partial charge is 0.286 e. The molecule has 23 heavy (non-hydrogen) atoms. The average Bonchev–Trinajstić information content (AvgIpc) is 2.95. The SMILES string of the molecule is C=CCn1c(-c2ccc(NC(=O)CC)cc2)c[n+]2ccccc12. The summed E-state index contributed by atoms with van der Waals surface area (Å²) in [5.41, 5.74) is 4.15. The fourth-order valence-electron chi connectivity index (χ4n) is 2.63. The number of carbonyl (C=O) groups excluding carboxylic acids is 1. The molecular weight excluding hydrogens is 286 g/mol. The Labute approximate surface area is 135 Å². The van der Waals surface area contributed by atoms with Gasteiger partial charge in [-0.15, -0.1) is 0 Å². The van der Waals surface area contributed by atoms with Gasteiger partial charge in [0.25, 0.3) is 5.65 Å². The molecule has 0 unspecified atom stereocenters. The molecular formula is C19H20N3O+. The third-order valence-corrected chi connectivity index (χ3v) is 3.79. The number of carbonyl (C=O) groups is 1. The molecule has 0 aliphatic heterocycles. The van der Waals surface area contributed by atoms with E-state index in [-0.39, 0.29) is 5.91 Å². The molecule has 0 atom stereocenters. The van der Waals surface area contributed by atoms with Gasteiger partial charge >= 0.3 is 0 Å². The number of anilines is 1. The van der Waals surface area contributed by atoms with Gasteiger partial charge in [-0.2, -0.15) is 0 Å². The van der Waals surface area contributed by atoms with Crippen LogP contribution >= 0.6 is 0 Å². The first-order valence-electron chi connectivity index (χ1n) is 7.73. The molecule has 116 valence electrons. The Kier molecular flexibility index (Phi) is 4.24. The molecule has 2 aromatic heterocycles. The van der Waals surface area contributed by atoms with Crippen molar-refractivity contribution in [2.75, 3.05) is 5.32 Å². The average molecular weight is 306 g/mol. The van der Waals surface area contributed by atoms with Gasteiger partial charge in [0.05, 0.1) is 6.20 Å². The van der Waals surface area contributed by atoms with E-state index in [0.29, 0.717) is 6.42 Å². The lowest BCUT2D eigenvalue weighted by atomic mass is 10.1. The van der Waals surface area contributed by atoms with Crippen LogP contribution in [0.4, 0.5) is 5.69 Å². The van der Waals surface area contributed by atoms with Crippen LogP contribution in [0.25, 0.3) is 16.9 Å². The predicted molar refractivity (Wildman–Crippen MR) is 92.1 cm³/mol. The molecule has 1 N–H and O–H groups in total. The van der Waals surface area contributed by atoms with Crippen molar-refractivity contribution in [1.82, 2.24) is 4.57 Å². The zero-order valence-corrected chi connectivity index (χ0v) is 13.2. The van der Waals surface area contributed by atoms with Crippen LogP contribution in [0.2, 0.25) is 0 Å². The fraction of sp³-hybridized carbons (Fsp3) is 0.158. The molecule has 0 saturated heterocycles. The predicted octanol–water partition coefficient (Wildman–Crippen LogP) is 3.43. The molecule has 4 nitrogen and oxygen atoms in total.